The molecule has 0 heterocycles. The summed E-state index contributed by atoms with van der Waals surface area (Å²) in [4.78, 5) is 11.2. The van der Waals surface area contributed by atoms with Gasteiger partial charge in [0.15, 0.2) is 0 Å². The minimum absolute atomic E-state index is 0.294. The molecule has 94 valence electrons. The zero-order chi connectivity index (χ0) is 11.8. The Kier molecular flexibility index (Phi) is 6.14. The van der Waals surface area contributed by atoms with E-state index in [1.807, 2.05) is 0 Å². The Morgan fingerprint density at radius 3 is 2.44 bits per heavy atom. The van der Waals surface area contributed by atoms with Crippen molar-refractivity contribution < 1.29 is 19.7 Å². The van der Waals surface area contributed by atoms with Crippen molar-refractivity contribution in [2.75, 3.05) is 13.2 Å². The second-order valence-electron chi connectivity index (χ2n) is 4.00. The van der Waals surface area contributed by atoms with Crippen molar-refractivity contribution in [3.05, 3.63) is 0 Å². The summed E-state index contributed by atoms with van der Waals surface area (Å²) >= 11 is 0. The first-order valence-electron chi connectivity index (χ1n) is 5.70. The van der Waals surface area contributed by atoms with Gasteiger partial charge < -0.3 is 14.9 Å². The number of amides is 1. The van der Waals surface area contributed by atoms with Gasteiger partial charge in [-0.3, -0.25) is 5.43 Å². The fraction of sp³-hybridized carbons (Fsp3) is 0.900. The van der Waals surface area contributed by atoms with Crippen LogP contribution in [0.15, 0.2) is 0 Å². The molecule has 1 amide bonds. The molecule has 0 aromatic heterocycles. The van der Waals surface area contributed by atoms with Gasteiger partial charge in [0.2, 0.25) is 0 Å². The van der Waals surface area contributed by atoms with Gasteiger partial charge in [0.1, 0.15) is 6.10 Å². The van der Waals surface area contributed by atoms with Crippen molar-refractivity contribution in [2.45, 2.75) is 44.2 Å². The van der Waals surface area contributed by atoms with Gasteiger partial charge in [0, 0.05) is 6.04 Å². The number of aliphatic hydroxyl groups excluding tert-OH is 2. The predicted octanol–water partition coefficient (Wildman–Crippen LogP) is -0.0969. The fourth-order valence-corrected chi connectivity index (χ4v) is 1.72. The fourth-order valence-electron chi connectivity index (χ4n) is 1.72. The van der Waals surface area contributed by atoms with Gasteiger partial charge in [-0.05, 0) is 12.8 Å². The molecule has 1 aliphatic carbocycles. The zero-order valence-electron chi connectivity index (χ0n) is 9.32. The van der Waals surface area contributed by atoms with E-state index in [0.29, 0.717) is 6.04 Å². The molecule has 6 nitrogen and oxygen atoms in total. The molecule has 4 N–H and O–H groups in total. The molecule has 0 radical (unpaired) electrons. The van der Waals surface area contributed by atoms with Crippen LogP contribution in [0.2, 0.25) is 0 Å². The van der Waals surface area contributed by atoms with Crippen LogP contribution in [0.1, 0.15) is 32.1 Å². The normalized spacial score (nSPS) is 17.4. The maximum absolute atomic E-state index is 11.2. The van der Waals surface area contributed by atoms with Gasteiger partial charge in [0.05, 0.1) is 13.2 Å². The number of nitrogens with one attached hydrogen (secondary N) is 2. The molecule has 0 bridgehead atoms. The van der Waals surface area contributed by atoms with Crippen molar-refractivity contribution >= 4 is 6.09 Å². The number of hydrazine groups is 1. The largest absolute Gasteiger partial charge is 0.440 e. The van der Waals surface area contributed by atoms with Crippen LogP contribution in [0.25, 0.3) is 0 Å². The van der Waals surface area contributed by atoms with Crippen LogP contribution in [0, 0.1) is 0 Å². The second kappa shape index (κ2) is 7.43. The summed E-state index contributed by atoms with van der Waals surface area (Å²) in [6.07, 6.45) is 4.16. The van der Waals surface area contributed by atoms with Crippen molar-refractivity contribution in [2.24, 2.45) is 0 Å². The van der Waals surface area contributed by atoms with Crippen LogP contribution in [0.5, 0.6) is 0 Å². The Hall–Kier alpha value is -0.850. The Morgan fingerprint density at radius 1 is 1.25 bits per heavy atom. The third-order valence-corrected chi connectivity index (χ3v) is 2.66. The minimum atomic E-state index is -0.854. The maximum atomic E-state index is 11.2. The van der Waals surface area contributed by atoms with Crippen LogP contribution in [-0.4, -0.2) is 41.7 Å². The van der Waals surface area contributed by atoms with Crippen LogP contribution in [-0.2, 0) is 4.74 Å². The molecule has 1 fully saturated rings. The van der Waals surface area contributed by atoms with Crippen molar-refractivity contribution in [1.82, 2.24) is 10.9 Å². The second-order valence-corrected chi connectivity index (χ2v) is 4.00. The molecule has 1 rings (SSSR count). The standard InChI is InChI=1S/C10H20N2O4/c13-6-9(7-14)16-10(15)12-11-8-4-2-1-3-5-8/h8-9,11,13-14H,1-7H2,(H,12,15). The number of hydrogen-bond acceptors (Lipinski definition) is 5. The van der Waals surface area contributed by atoms with Gasteiger partial charge in [-0.2, -0.15) is 0 Å². The minimum Gasteiger partial charge on any atom is -0.440 e. The number of carbonyl (C=O) groups is 1. The molecular weight excluding hydrogens is 212 g/mol. The van der Waals surface area contributed by atoms with Crippen LogP contribution in [0.4, 0.5) is 4.79 Å². The van der Waals surface area contributed by atoms with Crippen LogP contribution in [0.3, 0.4) is 0 Å². The van der Waals surface area contributed by atoms with E-state index in [2.05, 4.69) is 10.9 Å². The van der Waals surface area contributed by atoms with E-state index in [1.165, 1.54) is 19.3 Å². The third kappa shape index (κ3) is 4.78. The average Bonchev–Trinajstić information content (AvgIpc) is 2.34. The van der Waals surface area contributed by atoms with E-state index < -0.39 is 12.2 Å². The highest BCUT2D eigenvalue weighted by Gasteiger charge is 2.15. The Balaban J connectivity index is 2.13. The lowest BCUT2D eigenvalue weighted by Crippen LogP contribution is -2.46. The smallest absolute Gasteiger partial charge is 0.422 e. The molecule has 6 heteroatoms. The highest BCUT2D eigenvalue weighted by atomic mass is 16.6. The van der Waals surface area contributed by atoms with Crippen molar-refractivity contribution in [3.8, 4) is 0 Å². The first-order valence-corrected chi connectivity index (χ1v) is 5.70. The molecule has 16 heavy (non-hydrogen) atoms. The lowest BCUT2D eigenvalue weighted by Gasteiger charge is -2.23. The Morgan fingerprint density at radius 2 is 1.88 bits per heavy atom. The lowest BCUT2D eigenvalue weighted by molar-refractivity contribution is 0.0198. The van der Waals surface area contributed by atoms with E-state index in [0.717, 1.165) is 12.8 Å². The average molecular weight is 232 g/mol. The monoisotopic (exact) mass is 232 g/mol. The molecule has 0 saturated heterocycles. The molecule has 0 unspecified atom stereocenters. The molecule has 1 saturated carbocycles. The van der Waals surface area contributed by atoms with E-state index >= 15 is 0 Å². The number of aliphatic hydroxyl groups is 2. The summed E-state index contributed by atoms with van der Waals surface area (Å²) in [6, 6.07) is 0.294. The van der Waals surface area contributed by atoms with Gasteiger partial charge in [-0.25, -0.2) is 10.2 Å². The van der Waals surface area contributed by atoms with E-state index in [4.69, 9.17) is 14.9 Å². The first-order chi connectivity index (χ1) is 7.76. The summed E-state index contributed by atoms with van der Waals surface area (Å²) in [6.45, 7) is -0.763. The Bertz CT molecular complexity index is 203. The quantitative estimate of drug-likeness (QED) is 0.497. The SMILES string of the molecule is O=C(NNC1CCCCC1)OC(CO)CO. The summed E-state index contributed by atoms with van der Waals surface area (Å²) in [5, 5.41) is 17.4. The zero-order valence-corrected chi connectivity index (χ0v) is 9.32. The molecule has 0 spiro atoms. The van der Waals surface area contributed by atoms with Gasteiger partial charge in [-0.1, -0.05) is 19.3 Å². The van der Waals surface area contributed by atoms with Crippen LogP contribution < -0.4 is 10.9 Å². The van der Waals surface area contributed by atoms with Crippen molar-refractivity contribution in [3.63, 3.8) is 0 Å². The van der Waals surface area contributed by atoms with Gasteiger partial charge >= 0.3 is 6.09 Å². The van der Waals surface area contributed by atoms with Crippen molar-refractivity contribution in [1.29, 1.82) is 0 Å². The summed E-state index contributed by atoms with van der Waals surface area (Å²) in [5.41, 5.74) is 5.31. The van der Waals surface area contributed by atoms with E-state index in [9.17, 15) is 4.79 Å². The molecular formula is C10H20N2O4. The molecule has 0 aliphatic heterocycles. The molecule has 0 aromatic rings. The summed E-state index contributed by atoms with van der Waals surface area (Å²) in [5.74, 6) is 0. The first kappa shape index (κ1) is 13.2. The summed E-state index contributed by atoms with van der Waals surface area (Å²) < 4.78 is 4.73. The number of carbonyl (C=O) groups excluding carboxylic acids is 1. The Labute approximate surface area is 95.0 Å². The topological polar surface area (TPSA) is 90.8 Å². The predicted molar refractivity (Wildman–Crippen MR) is 57.6 cm³/mol. The van der Waals surface area contributed by atoms with Crippen LogP contribution >= 0.6 is 0 Å². The molecule has 0 atom stereocenters. The molecule has 0 aromatic carbocycles. The highest BCUT2D eigenvalue weighted by molar-refractivity contribution is 5.66. The lowest BCUT2D eigenvalue weighted by atomic mass is 9.96. The summed E-state index contributed by atoms with van der Waals surface area (Å²) in [7, 11) is 0. The maximum Gasteiger partial charge on any atom is 0.422 e. The highest BCUT2D eigenvalue weighted by Crippen LogP contribution is 2.16. The van der Waals surface area contributed by atoms with Gasteiger partial charge in [-0.15, -0.1) is 0 Å². The number of ether oxygens (including phenoxy) is 1. The van der Waals surface area contributed by atoms with Gasteiger partial charge in [0.25, 0.3) is 0 Å². The van der Waals surface area contributed by atoms with E-state index in [-0.39, 0.29) is 13.2 Å². The van der Waals surface area contributed by atoms with E-state index in [1.54, 1.807) is 0 Å². The number of hydrogen-bond donors (Lipinski definition) is 4. The number of rotatable bonds is 5. The molecule has 1 aliphatic rings. The third-order valence-electron chi connectivity index (χ3n) is 2.66.